The summed E-state index contributed by atoms with van der Waals surface area (Å²) in [5, 5.41) is 0.497. The molecule has 3 aromatic rings. The molecule has 0 saturated heterocycles. The summed E-state index contributed by atoms with van der Waals surface area (Å²) in [4.78, 5) is 13.5. The molecule has 0 fully saturated rings. The minimum absolute atomic E-state index is 0.00769. The number of benzene rings is 3. The van der Waals surface area contributed by atoms with Crippen molar-refractivity contribution in [2.45, 2.75) is 32.9 Å². The maximum absolute atomic E-state index is 13.5. The Morgan fingerprint density at radius 1 is 0.674 bits per heavy atom. The average molecular weight is 643 g/mol. The minimum atomic E-state index is -4.57. The highest BCUT2D eigenvalue weighted by atomic mass is 35.5. The summed E-state index contributed by atoms with van der Waals surface area (Å²) >= 11 is 14.0. The van der Waals surface area contributed by atoms with Crippen LogP contribution in [-0.4, -0.2) is 41.5 Å². The average Bonchev–Trinajstić information content (AvgIpc) is 2.97. The lowest BCUT2D eigenvalue weighted by atomic mass is 9.77. The summed E-state index contributed by atoms with van der Waals surface area (Å²) in [6, 6.07) is 3.69. The maximum Gasteiger partial charge on any atom is 0.416 e. The summed E-state index contributed by atoms with van der Waals surface area (Å²) in [5.41, 5.74) is 0.955. The van der Waals surface area contributed by atoms with Crippen LogP contribution in [0.25, 0.3) is 11.1 Å². The molecular weight excluding hydrogens is 612 g/mol. The smallest absolute Gasteiger partial charge is 0.416 e. The van der Waals surface area contributed by atoms with Crippen molar-refractivity contribution < 1.29 is 46.4 Å². The molecule has 43 heavy (non-hydrogen) atoms. The fraction of sp³-hybridized carbons (Fsp3) is 0.387. The zero-order valence-electron chi connectivity index (χ0n) is 24.6. The largest absolute Gasteiger partial charge is 0.492 e. The van der Waals surface area contributed by atoms with E-state index in [1.165, 1.54) is 35.5 Å². The van der Waals surface area contributed by atoms with E-state index in [9.17, 15) is 18.0 Å². The summed E-state index contributed by atoms with van der Waals surface area (Å²) in [7, 11) is 7.09. The van der Waals surface area contributed by atoms with Gasteiger partial charge in [0.15, 0.2) is 23.0 Å². The van der Waals surface area contributed by atoms with Crippen LogP contribution in [0.5, 0.6) is 34.5 Å². The van der Waals surface area contributed by atoms with E-state index in [0.29, 0.717) is 35.1 Å². The van der Waals surface area contributed by atoms with Crippen molar-refractivity contribution in [3.8, 4) is 45.6 Å². The van der Waals surface area contributed by atoms with Crippen LogP contribution in [0.2, 0.25) is 10.0 Å². The fourth-order valence-electron chi connectivity index (χ4n) is 5.33. The summed E-state index contributed by atoms with van der Waals surface area (Å²) in [6.07, 6.45) is -3.64. The first-order valence-corrected chi connectivity index (χ1v) is 14.0. The van der Waals surface area contributed by atoms with Gasteiger partial charge in [0.25, 0.3) is 0 Å². The Kier molecular flexibility index (Phi) is 9.51. The van der Waals surface area contributed by atoms with E-state index in [1.54, 1.807) is 0 Å². The highest BCUT2D eigenvalue weighted by Crippen LogP contribution is 2.60. The quantitative estimate of drug-likeness (QED) is 0.189. The van der Waals surface area contributed by atoms with E-state index < -0.39 is 17.7 Å². The van der Waals surface area contributed by atoms with Crippen molar-refractivity contribution in [3.63, 3.8) is 0 Å². The van der Waals surface area contributed by atoms with Crippen LogP contribution in [-0.2, 0) is 19.0 Å². The highest BCUT2D eigenvalue weighted by molar-refractivity contribution is 6.35. The van der Waals surface area contributed by atoms with E-state index >= 15 is 0 Å². The molecule has 0 aliphatic heterocycles. The predicted octanol–water partition coefficient (Wildman–Crippen LogP) is 8.31. The standard InChI is InChI=1S/C31H31Cl2F3O7/c1-14-12-18-20(24(38-3)28(41-6)26(39-4)22(18)32)21-19(13-15(14)2)23(33)27(40-5)29(42-7)25(21)43-30(37)16-8-10-17(11-9-16)31(34,35)36/h8-11,14-15H,12-13H2,1-7H3. The Labute approximate surface area is 257 Å². The van der Waals surface area contributed by atoms with Crippen molar-refractivity contribution in [1.82, 2.24) is 0 Å². The van der Waals surface area contributed by atoms with Gasteiger partial charge in [0.2, 0.25) is 11.5 Å². The number of halogens is 5. The highest BCUT2D eigenvalue weighted by Gasteiger charge is 2.38. The van der Waals surface area contributed by atoms with Crippen molar-refractivity contribution in [3.05, 3.63) is 56.6 Å². The molecule has 0 heterocycles. The number of esters is 1. The number of hydrogen-bond acceptors (Lipinski definition) is 7. The van der Waals surface area contributed by atoms with E-state index in [0.717, 1.165) is 24.3 Å². The number of carbonyl (C=O) groups is 1. The van der Waals surface area contributed by atoms with Crippen LogP contribution >= 0.6 is 23.2 Å². The Morgan fingerprint density at radius 3 is 1.47 bits per heavy atom. The molecule has 2 unspecified atom stereocenters. The molecule has 0 radical (unpaired) electrons. The molecule has 1 aliphatic carbocycles. The lowest BCUT2D eigenvalue weighted by Gasteiger charge is -2.32. The van der Waals surface area contributed by atoms with Crippen LogP contribution in [0, 0.1) is 11.8 Å². The molecule has 0 N–H and O–H groups in total. The van der Waals surface area contributed by atoms with Crippen LogP contribution < -0.4 is 28.4 Å². The first-order chi connectivity index (χ1) is 20.3. The predicted molar refractivity (Wildman–Crippen MR) is 157 cm³/mol. The second-order valence-corrected chi connectivity index (χ2v) is 10.9. The first-order valence-electron chi connectivity index (χ1n) is 13.2. The molecule has 0 spiro atoms. The van der Waals surface area contributed by atoms with Gasteiger partial charge in [0, 0.05) is 11.1 Å². The molecule has 12 heteroatoms. The Bertz CT molecular complexity index is 1540. The van der Waals surface area contributed by atoms with Gasteiger partial charge in [-0.05, 0) is 60.1 Å². The first kappa shape index (κ1) is 32.4. The van der Waals surface area contributed by atoms with E-state index in [4.69, 9.17) is 51.6 Å². The van der Waals surface area contributed by atoms with Gasteiger partial charge in [-0.1, -0.05) is 37.0 Å². The number of ether oxygens (including phenoxy) is 6. The molecular formula is C31H31Cl2F3O7. The Morgan fingerprint density at radius 2 is 1.07 bits per heavy atom. The van der Waals surface area contributed by atoms with Gasteiger partial charge in [-0.25, -0.2) is 4.79 Å². The van der Waals surface area contributed by atoms with Gasteiger partial charge in [0.05, 0.1) is 56.7 Å². The normalized spacial score (nSPS) is 16.3. The summed E-state index contributed by atoms with van der Waals surface area (Å²) in [6.45, 7) is 4.14. The van der Waals surface area contributed by atoms with Gasteiger partial charge in [0.1, 0.15) is 0 Å². The van der Waals surface area contributed by atoms with Crippen LogP contribution in [0.1, 0.15) is 40.9 Å². The number of fused-ring (bicyclic) bond motifs is 3. The van der Waals surface area contributed by atoms with E-state index in [-0.39, 0.29) is 61.9 Å². The third-order valence-corrected chi connectivity index (χ3v) is 8.55. The molecule has 0 saturated carbocycles. The number of carbonyl (C=O) groups excluding carboxylic acids is 1. The molecule has 0 aromatic heterocycles. The van der Waals surface area contributed by atoms with Crippen molar-refractivity contribution >= 4 is 29.2 Å². The zero-order valence-corrected chi connectivity index (χ0v) is 26.1. The SMILES string of the molecule is COc1c(Cl)c2c(c(OC)c1OC)-c1c(c(Cl)c(OC)c(OC)c1OC(=O)c1ccc(C(F)(F)F)cc1)CC(C)C(C)C2. The van der Waals surface area contributed by atoms with Crippen LogP contribution in [0.3, 0.4) is 0 Å². The minimum Gasteiger partial charge on any atom is -0.492 e. The van der Waals surface area contributed by atoms with Crippen molar-refractivity contribution in [2.24, 2.45) is 11.8 Å². The van der Waals surface area contributed by atoms with Crippen molar-refractivity contribution in [2.75, 3.05) is 35.5 Å². The van der Waals surface area contributed by atoms with E-state index in [2.05, 4.69) is 13.8 Å². The lowest BCUT2D eigenvalue weighted by Crippen LogP contribution is -2.20. The summed E-state index contributed by atoms with van der Waals surface area (Å²) < 4.78 is 74.0. The number of methoxy groups -OCH3 is 5. The monoisotopic (exact) mass is 642 g/mol. The molecule has 232 valence electrons. The zero-order chi connectivity index (χ0) is 31.8. The third-order valence-electron chi connectivity index (χ3n) is 7.75. The van der Waals surface area contributed by atoms with E-state index in [1.807, 2.05) is 0 Å². The second-order valence-electron chi connectivity index (χ2n) is 10.2. The third kappa shape index (κ3) is 5.74. The fourth-order valence-corrected chi connectivity index (χ4v) is 6.00. The topological polar surface area (TPSA) is 72.5 Å². The van der Waals surface area contributed by atoms with Crippen LogP contribution in [0.4, 0.5) is 13.2 Å². The van der Waals surface area contributed by atoms with Crippen LogP contribution in [0.15, 0.2) is 24.3 Å². The molecule has 0 bridgehead atoms. The van der Waals surface area contributed by atoms with Crippen molar-refractivity contribution in [1.29, 1.82) is 0 Å². The van der Waals surface area contributed by atoms with Gasteiger partial charge in [-0.2, -0.15) is 13.2 Å². The number of alkyl halides is 3. The molecule has 2 atom stereocenters. The molecule has 1 aliphatic rings. The number of rotatable bonds is 7. The Balaban J connectivity index is 2.11. The molecule has 7 nitrogen and oxygen atoms in total. The molecule has 4 rings (SSSR count). The van der Waals surface area contributed by atoms with Gasteiger partial charge < -0.3 is 28.4 Å². The molecule has 0 amide bonds. The van der Waals surface area contributed by atoms with Gasteiger partial charge in [-0.3, -0.25) is 0 Å². The lowest BCUT2D eigenvalue weighted by molar-refractivity contribution is -0.137. The maximum atomic E-state index is 13.5. The second kappa shape index (κ2) is 12.6. The number of hydrogen-bond donors (Lipinski definition) is 0. The van der Waals surface area contributed by atoms with Gasteiger partial charge >= 0.3 is 12.1 Å². The Hall–Kier alpha value is -3.50. The summed E-state index contributed by atoms with van der Waals surface area (Å²) in [5.74, 6) is -0.0224. The molecule has 3 aromatic carbocycles. The van der Waals surface area contributed by atoms with Gasteiger partial charge in [-0.15, -0.1) is 0 Å².